The molecule has 0 heterocycles. The predicted molar refractivity (Wildman–Crippen MR) is 208 cm³/mol. The first-order chi connectivity index (χ1) is 27.4. The molecule has 11 N–H and O–H groups in total. The van der Waals surface area contributed by atoms with Gasteiger partial charge in [-0.1, -0.05) is 63.4 Å². The van der Waals surface area contributed by atoms with Gasteiger partial charge >= 0.3 is 5.97 Å². The first-order valence-electron chi connectivity index (χ1n) is 18.9. The molecule has 0 bridgehead atoms. The van der Waals surface area contributed by atoms with E-state index in [0.717, 1.165) is 31.4 Å². The lowest BCUT2D eigenvalue weighted by Crippen LogP contribution is -2.60. The highest BCUT2D eigenvalue weighted by Gasteiger charge is 2.35. The Hall–Kier alpha value is -6.34. The van der Waals surface area contributed by atoms with Gasteiger partial charge in [-0.05, 0) is 37.2 Å². The molecule has 5 atom stereocenters. The summed E-state index contributed by atoms with van der Waals surface area (Å²) in [5, 5.41) is 28.8. The standard InChI is InChI=1S/C38H55N9O11/c1-21(2)32(34(39)53)46-35(54)22(3)43-37(56)33(25-13-9-6-10-14-25)47-36(55)27(18-40-23(4)48)45-29(50)16-15-28(49)41-19-30(51)42-20-31(52)44-26(38(57)58)17-24-11-7-5-8-12-24/h5,7-8,11-12,15-16,21-22,25-27,32-33H,6,9-10,13-14,17-20H2,1-4H3,(H2,39,53)(H,40,48)(H,41,49)(H,42,51)(H,43,56)(H,44,52)(H,45,50)(H,46,54)(H,47,55)(H,57,58). The zero-order chi connectivity index (χ0) is 43.4. The van der Waals surface area contributed by atoms with E-state index in [9.17, 15) is 53.1 Å². The minimum Gasteiger partial charge on any atom is -0.480 e. The van der Waals surface area contributed by atoms with E-state index in [1.807, 2.05) is 0 Å². The molecule has 1 aliphatic carbocycles. The van der Waals surface area contributed by atoms with Gasteiger partial charge in [-0.25, -0.2) is 4.79 Å². The van der Waals surface area contributed by atoms with E-state index in [-0.39, 0.29) is 24.8 Å². The van der Waals surface area contributed by atoms with Gasteiger partial charge in [0.05, 0.1) is 13.1 Å². The largest absolute Gasteiger partial charge is 0.480 e. The van der Waals surface area contributed by atoms with Gasteiger partial charge in [-0.3, -0.25) is 43.2 Å². The van der Waals surface area contributed by atoms with Crippen molar-refractivity contribution >= 4 is 59.1 Å². The summed E-state index contributed by atoms with van der Waals surface area (Å²) in [4.78, 5) is 125. The van der Waals surface area contributed by atoms with Gasteiger partial charge in [0.25, 0.3) is 0 Å². The molecule has 0 spiro atoms. The molecule has 20 heteroatoms. The number of carboxylic acid groups (broad SMARTS) is 1. The van der Waals surface area contributed by atoms with E-state index in [0.29, 0.717) is 18.4 Å². The SMILES string of the molecule is CC(=O)NCC(NC(=O)C=CC(=O)NCC(=O)NCC(=O)NC(Cc1ccccc1)C(=O)O)C(=O)NC(C(=O)NC(C)C(=O)NC(C(N)=O)C(C)C)C1CCCCC1. The Morgan fingerprint density at radius 2 is 1.33 bits per heavy atom. The summed E-state index contributed by atoms with van der Waals surface area (Å²) in [5.41, 5.74) is 6.07. The molecular weight excluding hydrogens is 758 g/mol. The lowest BCUT2D eigenvalue weighted by Gasteiger charge is -2.32. The predicted octanol–water partition coefficient (Wildman–Crippen LogP) is -2.60. The quantitative estimate of drug-likeness (QED) is 0.0542. The molecule has 0 saturated heterocycles. The van der Waals surface area contributed by atoms with Crippen molar-refractivity contribution < 1.29 is 53.1 Å². The van der Waals surface area contributed by atoms with Gasteiger partial charge in [0.2, 0.25) is 53.2 Å². The topological polar surface area (TPSA) is 313 Å². The van der Waals surface area contributed by atoms with Crippen LogP contribution < -0.4 is 48.3 Å². The molecule has 0 radical (unpaired) electrons. The van der Waals surface area contributed by atoms with Crippen LogP contribution in [0.1, 0.15) is 65.4 Å². The zero-order valence-electron chi connectivity index (χ0n) is 33.1. The van der Waals surface area contributed by atoms with Crippen molar-refractivity contribution in [2.24, 2.45) is 17.6 Å². The minimum absolute atomic E-state index is 0.0180. The van der Waals surface area contributed by atoms with Crippen LogP contribution in [0.2, 0.25) is 0 Å². The van der Waals surface area contributed by atoms with Crippen LogP contribution in [-0.2, 0) is 54.4 Å². The van der Waals surface area contributed by atoms with Crippen molar-refractivity contribution in [1.29, 1.82) is 0 Å². The van der Waals surface area contributed by atoms with Gasteiger partial charge in [0.15, 0.2) is 0 Å². The number of carbonyl (C=O) groups excluding carboxylic acids is 9. The maximum atomic E-state index is 13.6. The Morgan fingerprint density at radius 3 is 1.91 bits per heavy atom. The second-order valence-electron chi connectivity index (χ2n) is 14.2. The third-order valence-corrected chi connectivity index (χ3v) is 9.08. The summed E-state index contributed by atoms with van der Waals surface area (Å²) in [6.07, 6.45) is 5.23. The lowest BCUT2D eigenvalue weighted by molar-refractivity contribution is -0.141. The van der Waals surface area contributed by atoms with Crippen LogP contribution in [0.5, 0.6) is 0 Å². The molecule has 1 aliphatic rings. The number of carboxylic acids is 1. The average molecular weight is 814 g/mol. The summed E-state index contributed by atoms with van der Waals surface area (Å²) >= 11 is 0. The van der Waals surface area contributed by atoms with E-state index in [1.165, 1.54) is 13.8 Å². The molecule has 9 amide bonds. The van der Waals surface area contributed by atoms with Crippen molar-refractivity contribution in [3.05, 3.63) is 48.0 Å². The lowest BCUT2D eigenvalue weighted by atomic mass is 9.83. The third-order valence-electron chi connectivity index (χ3n) is 9.08. The van der Waals surface area contributed by atoms with Crippen LogP contribution >= 0.6 is 0 Å². The Bertz CT molecular complexity index is 1680. The minimum atomic E-state index is -1.42. The van der Waals surface area contributed by atoms with E-state index in [2.05, 4.69) is 42.5 Å². The maximum Gasteiger partial charge on any atom is 0.326 e. The number of benzene rings is 1. The summed E-state index contributed by atoms with van der Waals surface area (Å²) in [6.45, 7) is 4.42. The first-order valence-corrected chi connectivity index (χ1v) is 18.9. The number of hydrogen-bond acceptors (Lipinski definition) is 10. The fourth-order valence-electron chi connectivity index (χ4n) is 5.92. The highest BCUT2D eigenvalue weighted by atomic mass is 16.4. The second-order valence-corrected chi connectivity index (χ2v) is 14.2. The van der Waals surface area contributed by atoms with Crippen LogP contribution in [0.3, 0.4) is 0 Å². The summed E-state index contributed by atoms with van der Waals surface area (Å²) in [7, 11) is 0. The Labute approximate surface area is 336 Å². The van der Waals surface area contributed by atoms with Crippen LogP contribution in [0.25, 0.3) is 0 Å². The van der Waals surface area contributed by atoms with Crippen LogP contribution in [0.15, 0.2) is 42.5 Å². The number of amides is 9. The highest BCUT2D eigenvalue weighted by molar-refractivity contribution is 6.00. The van der Waals surface area contributed by atoms with E-state index in [1.54, 1.807) is 44.2 Å². The Balaban J connectivity index is 1.99. The third kappa shape index (κ3) is 17.6. The summed E-state index contributed by atoms with van der Waals surface area (Å²) < 4.78 is 0. The van der Waals surface area contributed by atoms with Gasteiger partial charge in [-0.15, -0.1) is 0 Å². The highest BCUT2D eigenvalue weighted by Crippen LogP contribution is 2.27. The number of primary amides is 1. The molecule has 1 aromatic carbocycles. The molecule has 20 nitrogen and oxygen atoms in total. The molecule has 1 fully saturated rings. The molecule has 58 heavy (non-hydrogen) atoms. The summed E-state index contributed by atoms with van der Waals surface area (Å²) in [5.74, 6) is -8.76. The first kappa shape index (κ1) is 47.8. The fraction of sp³-hybridized carbons (Fsp3) is 0.526. The second kappa shape index (κ2) is 24.3. The van der Waals surface area contributed by atoms with Crippen LogP contribution in [-0.4, -0.2) is 114 Å². The van der Waals surface area contributed by atoms with Crippen molar-refractivity contribution in [1.82, 2.24) is 42.5 Å². The van der Waals surface area contributed by atoms with Crippen LogP contribution in [0.4, 0.5) is 0 Å². The van der Waals surface area contributed by atoms with Gasteiger partial charge < -0.3 is 53.4 Å². The molecule has 0 aromatic heterocycles. The molecule has 0 aliphatic heterocycles. The fourth-order valence-corrected chi connectivity index (χ4v) is 5.92. The molecule has 1 saturated carbocycles. The molecule has 2 rings (SSSR count). The molecule has 5 unspecified atom stereocenters. The molecular formula is C38H55N9O11. The van der Waals surface area contributed by atoms with E-state index >= 15 is 0 Å². The number of hydrogen-bond donors (Lipinski definition) is 10. The van der Waals surface area contributed by atoms with Crippen molar-refractivity contribution in [2.75, 3.05) is 19.6 Å². The smallest absolute Gasteiger partial charge is 0.326 e. The van der Waals surface area contributed by atoms with Gasteiger partial charge in [-0.2, -0.15) is 0 Å². The van der Waals surface area contributed by atoms with Crippen molar-refractivity contribution in [2.45, 2.75) is 96.4 Å². The number of nitrogens with one attached hydrogen (secondary N) is 8. The van der Waals surface area contributed by atoms with Crippen LogP contribution in [0, 0.1) is 11.8 Å². The maximum absolute atomic E-state index is 13.6. The Morgan fingerprint density at radius 1 is 0.707 bits per heavy atom. The number of rotatable bonds is 22. The number of nitrogens with two attached hydrogens (primary N) is 1. The number of aliphatic carboxylic acids is 1. The Kier molecular flexibility index (Phi) is 20.1. The normalized spacial score (nSPS) is 15.3. The van der Waals surface area contributed by atoms with Gasteiger partial charge in [0, 0.05) is 32.0 Å². The molecule has 318 valence electrons. The monoisotopic (exact) mass is 813 g/mol. The molecule has 1 aromatic rings. The van der Waals surface area contributed by atoms with Gasteiger partial charge in [0.1, 0.15) is 30.2 Å². The van der Waals surface area contributed by atoms with E-state index < -0.39 is 102 Å². The average Bonchev–Trinajstić information content (AvgIpc) is 3.17. The van der Waals surface area contributed by atoms with Crippen molar-refractivity contribution in [3.63, 3.8) is 0 Å². The summed E-state index contributed by atoms with van der Waals surface area (Å²) in [6, 6.07) is 2.72. The van der Waals surface area contributed by atoms with E-state index in [4.69, 9.17) is 5.73 Å². The van der Waals surface area contributed by atoms with Crippen molar-refractivity contribution in [3.8, 4) is 0 Å². The number of carbonyl (C=O) groups is 10. The zero-order valence-corrected chi connectivity index (χ0v) is 33.1.